The highest BCUT2D eigenvalue weighted by molar-refractivity contribution is 9.10. The minimum absolute atomic E-state index is 0.274. The molecule has 0 atom stereocenters. The van der Waals surface area contributed by atoms with Crippen molar-refractivity contribution in [2.75, 3.05) is 0 Å². The molecule has 0 spiro atoms. The number of rotatable bonds is 1. The molecule has 96 valence electrons. The summed E-state index contributed by atoms with van der Waals surface area (Å²) in [5, 5.41) is 0. The van der Waals surface area contributed by atoms with Crippen molar-refractivity contribution in [3.05, 3.63) is 46.7 Å². The number of aryl methyl sites for hydroxylation is 1. The molecule has 0 N–H and O–H groups in total. The van der Waals surface area contributed by atoms with Crippen molar-refractivity contribution in [3.8, 4) is 11.4 Å². The van der Waals surface area contributed by atoms with E-state index in [9.17, 15) is 8.78 Å². The molecule has 19 heavy (non-hydrogen) atoms. The van der Waals surface area contributed by atoms with E-state index in [1.165, 1.54) is 6.07 Å². The zero-order valence-corrected chi connectivity index (χ0v) is 11.4. The van der Waals surface area contributed by atoms with Crippen LogP contribution in [0.2, 0.25) is 0 Å². The molecule has 0 saturated heterocycles. The van der Waals surface area contributed by atoms with Crippen molar-refractivity contribution < 1.29 is 8.78 Å². The Morgan fingerprint density at radius 1 is 1.16 bits per heavy atom. The van der Waals surface area contributed by atoms with Crippen molar-refractivity contribution in [2.24, 2.45) is 7.05 Å². The van der Waals surface area contributed by atoms with Crippen LogP contribution in [0.5, 0.6) is 0 Å². The van der Waals surface area contributed by atoms with E-state index in [0.29, 0.717) is 5.82 Å². The number of fused-ring (bicyclic) bond motifs is 1. The maximum atomic E-state index is 13.8. The number of nitrogens with zero attached hydrogens (tertiary/aromatic N) is 3. The number of hydrogen-bond acceptors (Lipinski definition) is 2. The van der Waals surface area contributed by atoms with Crippen molar-refractivity contribution in [2.45, 2.75) is 0 Å². The van der Waals surface area contributed by atoms with Gasteiger partial charge in [0.25, 0.3) is 0 Å². The van der Waals surface area contributed by atoms with Crippen LogP contribution in [-0.2, 0) is 7.05 Å². The first-order valence-corrected chi connectivity index (χ1v) is 6.28. The molecule has 0 aliphatic heterocycles. The van der Waals surface area contributed by atoms with E-state index in [1.54, 1.807) is 24.0 Å². The molecule has 2 aromatic heterocycles. The van der Waals surface area contributed by atoms with Crippen LogP contribution in [0.25, 0.3) is 22.4 Å². The third-order valence-electron chi connectivity index (χ3n) is 2.85. The molecule has 3 aromatic rings. The van der Waals surface area contributed by atoms with Crippen LogP contribution in [0.1, 0.15) is 0 Å². The van der Waals surface area contributed by atoms with E-state index in [2.05, 4.69) is 25.9 Å². The van der Waals surface area contributed by atoms with Gasteiger partial charge in [0, 0.05) is 41.6 Å². The van der Waals surface area contributed by atoms with Gasteiger partial charge in [-0.05, 0) is 22.0 Å². The highest BCUT2D eigenvalue weighted by Gasteiger charge is 2.15. The second-order valence-electron chi connectivity index (χ2n) is 4.14. The Hall–Kier alpha value is -1.82. The molecule has 0 radical (unpaired) electrons. The Kier molecular flexibility index (Phi) is 2.82. The molecule has 0 amide bonds. The Morgan fingerprint density at radius 3 is 2.68 bits per heavy atom. The smallest absolute Gasteiger partial charge is 0.152 e. The fourth-order valence-electron chi connectivity index (χ4n) is 2.06. The van der Waals surface area contributed by atoms with E-state index in [4.69, 9.17) is 0 Å². The average molecular weight is 324 g/mol. The molecular formula is C13H8BrF2N3. The Morgan fingerprint density at radius 2 is 1.95 bits per heavy atom. The summed E-state index contributed by atoms with van der Waals surface area (Å²) < 4.78 is 29.4. The molecule has 0 saturated carbocycles. The van der Waals surface area contributed by atoms with Crippen LogP contribution in [0.15, 0.2) is 35.1 Å². The Bertz CT molecular complexity index is 783. The lowest BCUT2D eigenvalue weighted by molar-refractivity contribution is 0.588. The zero-order chi connectivity index (χ0) is 13.6. The summed E-state index contributed by atoms with van der Waals surface area (Å²) in [6, 6.07) is 3.89. The Balaban J connectivity index is 2.31. The lowest BCUT2D eigenvalue weighted by Crippen LogP contribution is -1.95. The van der Waals surface area contributed by atoms with Gasteiger partial charge in [-0.25, -0.2) is 13.8 Å². The summed E-state index contributed by atoms with van der Waals surface area (Å²) in [4.78, 5) is 8.31. The van der Waals surface area contributed by atoms with E-state index >= 15 is 0 Å². The maximum Gasteiger partial charge on any atom is 0.152 e. The third kappa shape index (κ3) is 2.02. The van der Waals surface area contributed by atoms with Gasteiger partial charge in [0.1, 0.15) is 17.2 Å². The lowest BCUT2D eigenvalue weighted by Gasteiger charge is -2.02. The first kappa shape index (κ1) is 12.2. The highest BCUT2D eigenvalue weighted by atomic mass is 79.9. The van der Waals surface area contributed by atoms with Gasteiger partial charge in [0.05, 0.1) is 5.52 Å². The van der Waals surface area contributed by atoms with E-state index in [1.807, 2.05) is 6.07 Å². The number of pyridine rings is 1. The summed E-state index contributed by atoms with van der Waals surface area (Å²) in [5.41, 5.74) is 1.29. The molecule has 3 nitrogen and oxygen atoms in total. The predicted molar refractivity (Wildman–Crippen MR) is 71.6 cm³/mol. The van der Waals surface area contributed by atoms with Crippen LogP contribution in [0.3, 0.4) is 0 Å². The summed E-state index contributed by atoms with van der Waals surface area (Å²) >= 11 is 3.32. The molecule has 3 rings (SSSR count). The minimum atomic E-state index is -0.637. The van der Waals surface area contributed by atoms with Crippen molar-refractivity contribution >= 4 is 27.0 Å². The largest absolute Gasteiger partial charge is 0.325 e. The lowest BCUT2D eigenvalue weighted by atomic mass is 10.3. The fourth-order valence-corrected chi connectivity index (χ4v) is 2.42. The van der Waals surface area contributed by atoms with Crippen molar-refractivity contribution in [3.63, 3.8) is 0 Å². The molecule has 0 unspecified atom stereocenters. The molecular weight excluding hydrogens is 316 g/mol. The van der Waals surface area contributed by atoms with Gasteiger partial charge in [-0.3, -0.25) is 4.98 Å². The molecule has 0 bridgehead atoms. The number of benzene rings is 1. The minimum Gasteiger partial charge on any atom is -0.325 e. The molecule has 0 fully saturated rings. The molecule has 1 aromatic carbocycles. The molecule has 6 heteroatoms. The van der Waals surface area contributed by atoms with Gasteiger partial charge in [0.2, 0.25) is 0 Å². The fraction of sp³-hybridized carbons (Fsp3) is 0.0769. The van der Waals surface area contributed by atoms with Gasteiger partial charge in [-0.1, -0.05) is 0 Å². The first-order chi connectivity index (χ1) is 9.06. The predicted octanol–water partition coefficient (Wildman–Crippen LogP) is 3.68. The number of imidazole rings is 1. The van der Waals surface area contributed by atoms with Gasteiger partial charge in [-0.15, -0.1) is 0 Å². The highest BCUT2D eigenvalue weighted by Crippen LogP contribution is 2.27. The van der Waals surface area contributed by atoms with Crippen LogP contribution >= 0.6 is 15.9 Å². The van der Waals surface area contributed by atoms with Crippen LogP contribution in [0.4, 0.5) is 8.78 Å². The number of halogens is 3. The maximum absolute atomic E-state index is 13.8. The third-order valence-corrected chi connectivity index (χ3v) is 3.28. The van der Waals surface area contributed by atoms with Gasteiger partial charge >= 0.3 is 0 Å². The molecule has 0 aliphatic rings. The number of aromatic nitrogens is 3. The van der Waals surface area contributed by atoms with E-state index < -0.39 is 11.6 Å². The summed E-state index contributed by atoms with van der Waals surface area (Å²) in [6.45, 7) is 0. The zero-order valence-electron chi connectivity index (χ0n) is 9.86. The Labute approximate surface area is 116 Å². The van der Waals surface area contributed by atoms with Gasteiger partial charge in [0.15, 0.2) is 5.82 Å². The average Bonchev–Trinajstić information content (AvgIpc) is 2.66. The normalized spacial score (nSPS) is 11.2. The van der Waals surface area contributed by atoms with E-state index in [-0.39, 0.29) is 11.0 Å². The summed E-state index contributed by atoms with van der Waals surface area (Å²) in [6.07, 6.45) is 3.27. The van der Waals surface area contributed by atoms with Crippen LogP contribution in [0, 0.1) is 11.6 Å². The van der Waals surface area contributed by atoms with Crippen LogP contribution < -0.4 is 0 Å². The SMILES string of the molecule is Cn1c(-c2cncc(Br)c2)nc2cc(F)cc(F)c21. The molecule has 2 heterocycles. The monoisotopic (exact) mass is 323 g/mol. The van der Waals surface area contributed by atoms with Crippen molar-refractivity contribution in [1.29, 1.82) is 0 Å². The van der Waals surface area contributed by atoms with Crippen LogP contribution in [-0.4, -0.2) is 14.5 Å². The topological polar surface area (TPSA) is 30.7 Å². The van der Waals surface area contributed by atoms with E-state index in [0.717, 1.165) is 16.1 Å². The first-order valence-electron chi connectivity index (χ1n) is 5.48. The second kappa shape index (κ2) is 4.38. The van der Waals surface area contributed by atoms with Gasteiger partial charge < -0.3 is 4.57 Å². The summed E-state index contributed by atoms with van der Waals surface area (Å²) in [7, 11) is 1.69. The second-order valence-corrected chi connectivity index (χ2v) is 5.06. The summed E-state index contributed by atoms with van der Waals surface area (Å²) in [5.74, 6) is -0.727. The van der Waals surface area contributed by atoms with Gasteiger partial charge in [-0.2, -0.15) is 0 Å². The standard InChI is InChI=1S/C13H8BrF2N3/c1-19-12-10(16)3-9(15)4-11(12)18-13(19)7-2-8(14)6-17-5-7/h2-6H,1H3. The molecule has 0 aliphatic carbocycles. The van der Waals surface area contributed by atoms with Crippen molar-refractivity contribution in [1.82, 2.24) is 14.5 Å². The number of hydrogen-bond donors (Lipinski definition) is 0. The quantitative estimate of drug-likeness (QED) is 0.684.